The van der Waals surface area contributed by atoms with Crippen molar-refractivity contribution in [2.75, 3.05) is 0 Å². The molecule has 0 fully saturated rings. The Hall–Kier alpha value is -7.02. The molecule has 5 heteroatoms. The second kappa shape index (κ2) is 31.3. The van der Waals surface area contributed by atoms with Crippen LogP contribution in [0, 0.1) is 0 Å². The maximum Gasteiger partial charge on any atom is -0.0134 e. The van der Waals surface area contributed by atoms with E-state index in [1.54, 1.807) is 0 Å². The predicted octanol–water partition coefficient (Wildman–Crippen LogP) is 13.5. The molecule has 0 aliphatic carbocycles. The largest absolute Gasteiger partial charge is 0.0622 e. The maximum atomic E-state index is 2.23. The molecule has 0 atom stereocenters. The van der Waals surface area contributed by atoms with Gasteiger partial charge in [-0.3, -0.25) is 0 Å². The van der Waals surface area contributed by atoms with Crippen molar-refractivity contribution in [3.63, 3.8) is 0 Å². The Kier molecular flexibility index (Phi) is 22.8. The quantitative estimate of drug-likeness (QED) is 0.0845. The van der Waals surface area contributed by atoms with E-state index in [4.69, 9.17) is 0 Å². The molecule has 0 aliphatic rings. The van der Waals surface area contributed by atoms with Crippen molar-refractivity contribution >= 4 is 95.3 Å². The van der Waals surface area contributed by atoms with Crippen molar-refractivity contribution in [3.8, 4) is 0 Å². The summed E-state index contributed by atoms with van der Waals surface area (Å²) in [5.74, 6) is 0. The summed E-state index contributed by atoms with van der Waals surface area (Å²) in [5.41, 5.74) is 0. The molecule has 12 aromatic carbocycles. The summed E-state index contributed by atoms with van der Waals surface area (Å²) < 4.78 is 0. The summed E-state index contributed by atoms with van der Waals surface area (Å²) in [6.07, 6.45) is 0. The van der Waals surface area contributed by atoms with Crippen LogP contribution in [0.2, 0.25) is 0 Å². The summed E-state index contributed by atoms with van der Waals surface area (Å²) >= 11 is 0. The van der Waals surface area contributed by atoms with Crippen molar-refractivity contribution in [1.29, 1.82) is 0 Å². The number of benzene rings is 12. The van der Waals surface area contributed by atoms with Crippen LogP contribution in [0.5, 0.6) is 0 Å². The van der Waals surface area contributed by atoms with Gasteiger partial charge in [0.2, 0.25) is 0 Å². The van der Waals surface area contributed by atoms with Crippen molar-refractivity contribution in [1.82, 2.24) is 0 Å². The molecule has 0 amide bonds. The molecule has 77 heavy (non-hydrogen) atoms. The van der Waals surface area contributed by atoms with Crippen LogP contribution in [0.15, 0.2) is 364 Å². The number of hydrogen-bond acceptors (Lipinski definition) is 0. The molecule has 0 spiro atoms. The molecule has 0 unspecified atom stereocenters. The van der Waals surface area contributed by atoms with Crippen LogP contribution in [-0.4, -0.2) is 0 Å². The Bertz CT molecular complexity index is 2580. The van der Waals surface area contributed by atoms with E-state index in [1.807, 2.05) is 0 Å². The van der Waals surface area contributed by atoms with Gasteiger partial charge in [-0.2, -0.15) is 0 Å². The van der Waals surface area contributed by atoms with Gasteiger partial charge < -0.3 is 0 Å². The zero-order chi connectivity index (χ0) is 51.7. The van der Waals surface area contributed by atoms with Crippen molar-refractivity contribution < 1.29 is 19.5 Å². The van der Waals surface area contributed by atoms with Gasteiger partial charge in [0, 0.05) is 0 Å². The van der Waals surface area contributed by atoms with Gasteiger partial charge in [-0.05, 0) is 95.3 Å². The smallest absolute Gasteiger partial charge is 0.0134 e. The van der Waals surface area contributed by atoms with Crippen molar-refractivity contribution in [2.45, 2.75) is 0 Å². The second-order valence-electron chi connectivity index (χ2n) is 17.4. The predicted molar refractivity (Wildman–Crippen MR) is 342 cm³/mol. The minimum Gasteiger partial charge on any atom is -0.0622 e. The van der Waals surface area contributed by atoms with Crippen LogP contribution in [0.3, 0.4) is 0 Å². The monoisotopic (exact) mass is 1150 g/mol. The van der Waals surface area contributed by atoms with Crippen LogP contribution in [0.4, 0.5) is 0 Å². The van der Waals surface area contributed by atoms with E-state index in [2.05, 4.69) is 364 Å². The van der Waals surface area contributed by atoms with Crippen LogP contribution in [-0.2, 0) is 19.5 Å². The SMILES string of the molecule is [RuH+].c1ccc(P(c2ccccc2)c2ccccc2)cc1.c1ccc(P(c2ccccc2)c2ccccc2)cc1.c1ccc(P(c2ccccc2)c2ccccc2)cc1.c1ccc(P(c2ccccc2)c2ccccc2)cc1. The van der Waals surface area contributed by atoms with E-state index in [1.165, 1.54) is 63.7 Å². The third-order valence-electron chi connectivity index (χ3n) is 12.2. The maximum absolute atomic E-state index is 2.23. The molecule has 0 aliphatic heterocycles. The van der Waals surface area contributed by atoms with Crippen LogP contribution >= 0.6 is 31.7 Å². The fourth-order valence-corrected chi connectivity index (χ4v) is 17.9. The molecule has 0 N–H and O–H groups in total. The summed E-state index contributed by atoms with van der Waals surface area (Å²) in [4.78, 5) is 0. The topological polar surface area (TPSA) is 0 Å². The molecule has 12 rings (SSSR count). The molecule has 0 saturated carbocycles. The van der Waals surface area contributed by atoms with Gasteiger partial charge in [-0.15, -0.1) is 0 Å². The van der Waals surface area contributed by atoms with E-state index < -0.39 is 31.7 Å². The molecular weight excluding hydrogens is 1090 g/mol. The molecule has 0 nitrogen and oxygen atoms in total. The first-order chi connectivity index (χ1) is 37.8. The van der Waals surface area contributed by atoms with Crippen LogP contribution < -0.4 is 63.7 Å². The Balaban J connectivity index is 0.000000135. The average molecular weight is 1150 g/mol. The van der Waals surface area contributed by atoms with Gasteiger partial charge in [0.15, 0.2) is 0 Å². The summed E-state index contributed by atoms with van der Waals surface area (Å²) in [6, 6.07) is 129. The van der Waals surface area contributed by atoms with Crippen molar-refractivity contribution in [3.05, 3.63) is 364 Å². The standard InChI is InChI=1S/4C18H15P.Ru.H/c4*1-4-10-16(11-5-1)19(17-12-6-2-7-13-17)18-14-8-3-9-15-18;;/h4*1-15H;;/q;;;;+1;. The van der Waals surface area contributed by atoms with E-state index in [0.717, 1.165) is 0 Å². The summed E-state index contributed by atoms with van der Waals surface area (Å²) in [6.45, 7) is 0. The van der Waals surface area contributed by atoms with Crippen molar-refractivity contribution in [2.24, 2.45) is 0 Å². The first-order valence-electron chi connectivity index (χ1n) is 25.6. The third kappa shape index (κ3) is 16.5. The van der Waals surface area contributed by atoms with Gasteiger partial charge >= 0.3 is 19.5 Å². The Morgan fingerprint density at radius 3 is 0.234 bits per heavy atom. The zero-order valence-electron chi connectivity index (χ0n) is 42.8. The Morgan fingerprint density at radius 2 is 0.169 bits per heavy atom. The zero-order valence-corrected chi connectivity index (χ0v) is 48.2. The molecule has 0 bridgehead atoms. The van der Waals surface area contributed by atoms with E-state index in [-0.39, 0.29) is 19.5 Å². The molecule has 0 aromatic heterocycles. The fraction of sp³-hybridized carbons (Fsp3) is 0. The number of hydrogen-bond donors (Lipinski definition) is 0. The Labute approximate surface area is 475 Å². The molecule has 376 valence electrons. The normalized spacial score (nSPS) is 10.4. The third-order valence-corrected chi connectivity index (χ3v) is 21.9. The molecule has 1 radical (unpaired) electrons. The van der Waals surface area contributed by atoms with Gasteiger partial charge in [-0.25, -0.2) is 0 Å². The molecule has 12 aromatic rings. The van der Waals surface area contributed by atoms with Gasteiger partial charge in [0.1, 0.15) is 0 Å². The van der Waals surface area contributed by atoms with Gasteiger partial charge in [0.05, 0.1) is 0 Å². The van der Waals surface area contributed by atoms with E-state index in [0.29, 0.717) is 0 Å². The first kappa shape index (κ1) is 56.2. The summed E-state index contributed by atoms with van der Waals surface area (Å²) in [7, 11) is -1.78. The minimum atomic E-state index is -0.446. The fourth-order valence-electron chi connectivity index (χ4n) is 8.71. The van der Waals surface area contributed by atoms with Gasteiger partial charge in [0.25, 0.3) is 0 Å². The Morgan fingerprint density at radius 1 is 0.104 bits per heavy atom. The van der Waals surface area contributed by atoms with Crippen LogP contribution in [0.25, 0.3) is 0 Å². The average Bonchev–Trinajstić information content (AvgIpc) is 3.51. The van der Waals surface area contributed by atoms with Crippen LogP contribution in [0.1, 0.15) is 0 Å². The van der Waals surface area contributed by atoms with E-state index in [9.17, 15) is 0 Å². The first-order valence-corrected chi connectivity index (χ1v) is 31.0. The van der Waals surface area contributed by atoms with Gasteiger partial charge in [-0.1, -0.05) is 364 Å². The van der Waals surface area contributed by atoms with E-state index >= 15 is 0 Å². The number of rotatable bonds is 12. The molecule has 0 saturated heterocycles. The minimum absolute atomic E-state index is 0. The molecular formula is C72H61P4Ru+. The summed E-state index contributed by atoms with van der Waals surface area (Å²) in [5, 5.41) is 16.8. The second-order valence-corrected chi connectivity index (χ2v) is 26.2. The molecule has 0 heterocycles.